The van der Waals surface area contributed by atoms with E-state index < -0.39 is 5.97 Å². The molecule has 0 spiro atoms. The van der Waals surface area contributed by atoms with Crippen LogP contribution >= 0.6 is 0 Å². The van der Waals surface area contributed by atoms with Crippen molar-refractivity contribution in [3.05, 3.63) is 12.2 Å². The second-order valence-electron chi connectivity index (χ2n) is 7.61. The van der Waals surface area contributed by atoms with Gasteiger partial charge in [0.25, 0.3) is 0 Å². The zero-order valence-corrected chi connectivity index (χ0v) is 11.5. The zero-order valence-electron chi connectivity index (χ0n) is 11.5. The molecule has 2 nitrogen and oxygen atoms in total. The Bertz CT molecular complexity index is 370. The first-order valence-electron chi connectivity index (χ1n) is 7.27. The minimum atomic E-state index is -0.809. The Balaban J connectivity index is 1.95. The summed E-state index contributed by atoms with van der Waals surface area (Å²) in [4.78, 5) is 11.3. The summed E-state index contributed by atoms with van der Waals surface area (Å²) in [5.74, 6) is 1.77. The molecule has 0 radical (unpaired) electrons. The van der Waals surface area contributed by atoms with Gasteiger partial charge in [0.05, 0.1) is 0 Å². The maximum Gasteiger partial charge on any atom is 0.331 e. The SMILES string of the molecule is C=C(C(=O)O)C(C)(C)C12CC3CC(CC(C3)C1)C2. The minimum Gasteiger partial charge on any atom is -0.478 e. The molecule has 4 fully saturated rings. The summed E-state index contributed by atoms with van der Waals surface area (Å²) in [6.45, 7) is 8.13. The summed E-state index contributed by atoms with van der Waals surface area (Å²) in [7, 11) is 0. The van der Waals surface area contributed by atoms with E-state index in [1.165, 1.54) is 38.5 Å². The molecular weight excluding hydrogens is 224 g/mol. The van der Waals surface area contributed by atoms with E-state index in [4.69, 9.17) is 0 Å². The lowest BCUT2D eigenvalue weighted by Crippen LogP contribution is -2.53. The molecule has 0 amide bonds. The molecule has 4 saturated carbocycles. The maximum atomic E-state index is 11.3. The van der Waals surface area contributed by atoms with E-state index in [0.29, 0.717) is 5.57 Å². The maximum absolute atomic E-state index is 11.3. The van der Waals surface area contributed by atoms with E-state index >= 15 is 0 Å². The number of carboxylic acids is 1. The number of rotatable bonds is 3. The van der Waals surface area contributed by atoms with Crippen LogP contribution < -0.4 is 0 Å². The fourth-order valence-corrected chi connectivity index (χ4v) is 5.46. The number of carbonyl (C=O) groups is 1. The lowest BCUT2D eigenvalue weighted by molar-refractivity contribution is -0.140. The van der Waals surface area contributed by atoms with Gasteiger partial charge in [-0.2, -0.15) is 0 Å². The normalized spacial score (nSPS) is 42.0. The summed E-state index contributed by atoms with van der Waals surface area (Å²) in [6, 6.07) is 0. The predicted molar refractivity (Wildman–Crippen MR) is 71.2 cm³/mol. The van der Waals surface area contributed by atoms with E-state index in [2.05, 4.69) is 20.4 Å². The van der Waals surface area contributed by atoms with Crippen molar-refractivity contribution in [2.45, 2.75) is 52.4 Å². The van der Waals surface area contributed by atoms with Crippen molar-refractivity contribution >= 4 is 5.97 Å². The molecule has 0 aromatic rings. The average molecular weight is 248 g/mol. The summed E-state index contributed by atoms with van der Waals surface area (Å²) in [6.07, 6.45) is 7.90. The molecular formula is C16H24O2. The molecule has 0 aromatic carbocycles. The van der Waals surface area contributed by atoms with Gasteiger partial charge in [-0.1, -0.05) is 20.4 Å². The largest absolute Gasteiger partial charge is 0.478 e. The quantitative estimate of drug-likeness (QED) is 0.770. The van der Waals surface area contributed by atoms with Crippen LogP contribution in [-0.4, -0.2) is 11.1 Å². The highest BCUT2D eigenvalue weighted by atomic mass is 16.4. The van der Waals surface area contributed by atoms with E-state index in [0.717, 1.165) is 17.8 Å². The van der Waals surface area contributed by atoms with Crippen LogP contribution in [-0.2, 0) is 4.79 Å². The Morgan fingerprint density at radius 3 is 1.83 bits per heavy atom. The molecule has 4 aliphatic carbocycles. The van der Waals surface area contributed by atoms with Gasteiger partial charge in [0.15, 0.2) is 0 Å². The van der Waals surface area contributed by atoms with Crippen LogP contribution in [0.4, 0.5) is 0 Å². The smallest absolute Gasteiger partial charge is 0.331 e. The van der Waals surface area contributed by atoms with Crippen molar-refractivity contribution in [2.75, 3.05) is 0 Å². The van der Waals surface area contributed by atoms with Gasteiger partial charge in [0.1, 0.15) is 0 Å². The average Bonchev–Trinajstić information content (AvgIpc) is 2.25. The van der Waals surface area contributed by atoms with Gasteiger partial charge in [0.2, 0.25) is 0 Å². The first-order valence-corrected chi connectivity index (χ1v) is 7.27. The van der Waals surface area contributed by atoms with Gasteiger partial charge in [-0.05, 0) is 61.7 Å². The van der Waals surface area contributed by atoms with Crippen molar-refractivity contribution in [1.82, 2.24) is 0 Å². The van der Waals surface area contributed by atoms with Crippen LogP contribution in [0.1, 0.15) is 52.4 Å². The summed E-state index contributed by atoms with van der Waals surface area (Å²) >= 11 is 0. The van der Waals surface area contributed by atoms with Crippen molar-refractivity contribution in [1.29, 1.82) is 0 Å². The fourth-order valence-electron chi connectivity index (χ4n) is 5.46. The monoisotopic (exact) mass is 248 g/mol. The highest BCUT2D eigenvalue weighted by Crippen LogP contribution is 2.67. The van der Waals surface area contributed by atoms with Crippen LogP contribution in [0.3, 0.4) is 0 Å². The van der Waals surface area contributed by atoms with Crippen LogP contribution in [0.15, 0.2) is 12.2 Å². The summed E-state index contributed by atoms with van der Waals surface area (Å²) in [5, 5.41) is 9.32. The number of aliphatic carboxylic acids is 1. The highest BCUT2D eigenvalue weighted by Gasteiger charge is 2.58. The Hall–Kier alpha value is -0.790. The summed E-state index contributed by atoms with van der Waals surface area (Å²) in [5.41, 5.74) is 0.385. The molecule has 0 unspecified atom stereocenters. The van der Waals surface area contributed by atoms with Gasteiger partial charge in [0, 0.05) is 11.0 Å². The molecule has 4 aliphatic rings. The topological polar surface area (TPSA) is 37.3 Å². The first-order chi connectivity index (χ1) is 8.34. The Kier molecular flexibility index (Phi) is 2.46. The molecule has 4 rings (SSSR count). The van der Waals surface area contributed by atoms with Crippen LogP contribution in [0.2, 0.25) is 0 Å². The molecule has 100 valence electrons. The molecule has 0 saturated heterocycles. The van der Waals surface area contributed by atoms with Crippen molar-refractivity contribution in [3.8, 4) is 0 Å². The number of carboxylic acid groups (broad SMARTS) is 1. The first kappa shape index (κ1) is 12.3. The van der Waals surface area contributed by atoms with E-state index in [-0.39, 0.29) is 10.8 Å². The third-order valence-corrected chi connectivity index (χ3v) is 6.38. The standard InChI is InChI=1S/C16H24O2/c1-10(14(17)18)15(2,3)16-7-11-4-12(8-16)6-13(5-11)9-16/h11-13H,1,4-9H2,2-3H3,(H,17,18). The van der Waals surface area contributed by atoms with Crippen molar-refractivity contribution in [2.24, 2.45) is 28.6 Å². The Labute approximate surface area is 109 Å². The molecule has 0 atom stereocenters. The van der Waals surface area contributed by atoms with Gasteiger partial charge in [-0.25, -0.2) is 4.79 Å². The van der Waals surface area contributed by atoms with Gasteiger partial charge < -0.3 is 5.11 Å². The summed E-state index contributed by atoms with van der Waals surface area (Å²) < 4.78 is 0. The Morgan fingerprint density at radius 2 is 1.50 bits per heavy atom. The van der Waals surface area contributed by atoms with Gasteiger partial charge >= 0.3 is 5.97 Å². The van der Waals surface area contributed by atoms with Gasteiger partial charge in [-0.15, -0.1) is 0 Å². The molecule has 18 heavy (non-hydrogen) atoms. The van der Waals surface area contributed by atoms with E-state index in [1.807, 2.05) is 0 Å². The molecule has 0 aliphatic heterocycles. The highest BCUT2D eigenvalue weighted by molar-refractivity contribution is 5.87. The molecule has 2 heteroatoms. The van der Waals surface area contributed by atoms with Crippen LogP contribution in [0.25, 0.3) is 0 Å². The fraction of sp³-hybridized carbons (Fsp3) is 0.812. The molecule has 0 aromatic heterocycles. The molecule has 1 N–H and O–H groups in total. The zero-order chi connectivity index (χ0) is 13.1. The lowest BCUT2D eigenvalue weighted by Gasteiger charge is -2.62. The van der Waals surface area contributed by atoms with Crippen LogP contribution in [0.5, 0.6) is 0 Å². The third kappa shape index (κ3) is 1.50. The third-order valence-electron chi connectivity index (χ3n) is 6.38. The number of hydrogen-bond acceptors (Lipinski definition) is 1. The molecule has 4 bridgehead atoms. The van der Waals surface area contributed by atoms with Crippen molar-refractivity contribution < 1.29 is 9.90 Å². The number of hydrogen-bond donors (Lipinski definition) is 1. The van der Waals surface area contributed by atoms with E-state index in [1.54, 1.807) is 0 Å². The second-order valence-corrected chi connectivity index (χ2v) is 7.61. The second kappa shape index (κ2) is 3.61. The Morgan fingerprint density at radius 1 is 1.11 bits per heavy atom. The molecule has 0 heterocycles. The minimum absolute atomic E-state index is 0.219. The lowest BCUT2D eigenvalue weighted by atomic mass is 9.42. The van der Waals surface area contributed by atoms with Crippen LogP contribution in [0, 0.1) is 28.6 Å². The van der Waals surface area contributed by atoms with Gasteiger partial charge in [-0.3, -0.25) is 0 Å². The van der Waals surface area contributed by atoms with E-state index in [9.17, 15) is 9.90 Å². The predicted octanol–water partition coefficient (Wildman–Crippen LogP) is 3.87. The van der Waals surface area contributed by atoms with Crippen molar-refractivity contribution in [3.63, 3.8) is 0 Å².